The number of nitrogens with zero attached hydrogens (tertiary/aromatic N) is 1. The van der Waals surface area contributed by atoms with Gasteiger partial charge in [-0.25, -0.2) is 9.18 Å². The number of ether oxygens (including phenoxy) is 1. The zero-order valence-electron chi connectivity index (χ0n) is 12.7. The summed E-state index contributed by atoms with van der Waals surface area (Å²) in [7, 11) is 1.31. The van der Waals surface area contributed by atoms with E-state index < -0.39 is 5.97 Å². The van der Waals surface area contributed by atoms with Gasteiger partial charge in [0.2, 0.25) is 5.91 Å². The van der Waals surface area contributed by atoms with Gasteiger partial charge in [0, 0.05) is 12.6 Å². The highest BCUT2D eigenvalue weighted by Gasteiger charge is 2.08. The smallest absolute Gasteiger partial charge is 0.337 e. The first kappa shape index (κ1) is 16.6. The predicted octanol–water partition coefficient (Wildman–Crippen LogP) is 2.26. The summed E-state index contributed by atoms with van der Waals surface area (Å²) < 4.78 is 17.4. The molecule has 1 N–H and O–H groups in total. The molecular formula is C17H17FN2O3. The second-order valence-electron chi connectivity index (χ2n) is 4.93. The van der Waals surface area contributed by atoms with Gasteiger partial charge in [-0.2, -0.15) is 0 Å². The van der Waals surface area contributed by atoms with E-state index in [0.717, 1.165) is 5.56 Å². The molecule has 0 radical (unpaired) electrons. The maximum absolute atomic E-state index is 12.8. The Morgan fingerprint density at radius 2 is 1.96 bits per heavy atom. The molecule has 0 unspecified atom stereocenters. The van der Waals surface area contributed by atoms with Gasteiger partial charge in [-0.05, 0) is 36.2 Å². The van der Waals surface area contributed by atoms with Crippen LogP contribution in [0.4, 0.5) is 4.39 Å². The number of pyridine rings is 1. The van der Waals surface area contributed by atoms with Crippen LogP contribution in [0.2, 0.25) is 0 Å². The van der Waals surface area contributed by atoms with Crippen LogP contribution < -0.4 is 5.32 Å². The molecule has 0 aliphatic heterocycles. The Balaban J connectivity index is 1.82. The number of aromatic nitrogens is 1. The Hall–Kier alpha value is -2.76. The largest absolute Gasteiger partial charge is 0.465 e. The number of rotatable bonds is 6. The summed E-state index contributed by atoms with van der Waals surface area (Å²) in [6.45, 7) is 0.229. The third-order valence-electron chi connectivity index (χ3n) is 3.26. The molecule has 23 heavy (non-hydrogen) atoms. The Labute approximate surface area is 133 Å². The van der Waals surface area contributed by atoms with E-state index in [1.54, 1.807) is 24.3 Å². The zero-order chi connectivity index (χ0) is 16.7. The summed E-state index contributed by atoms with van der Waals surface area (Å²) in [4.78, 5) is 27.3. The number of carbonyl (C=O) groups excluding carboxylic acids is 2. The molecule has 5 nitrogen and oxygen atoms in total. The molecule has 1 aromatic heterocycles. The predicted molar refractivity (Wildman–Crippen MR) is 82.1 cm³/mol. The molecule has 1 heterocycles. The Bertz CT molecular complexity index is 686. The second-order valence-corrected chi connectivity index (χ2v) is 4.93. The van der Waals surface area contributed by atoms with Gasteiger partial charge in [-0.1, -0.05) is 12.1 Å². The van der Waals surface area contributed by atoms with Crippen molar-refractivity contribution in [3.05, 3.63) is 65.2 Å². The quantitative estimate of drug-likeness (QED) is 0.830. The van der Waals surface area contributed by atoms with Gasteiger partial charge in [0.25, 0.3) is 0 Å². The molecule has 0 aliphatic carbocycles. The molecule has 2 rings (SSSR count). The van der Waals surface area contributed by atoms with Gasteiger partial charge in [-0.15, -0.1) is 0 Å². The minimum Gasteiger partial charge on any atom is -0.465 e. The highest BCUT2D eigenvalue weighted by molar-refractivity contribution is 5.89. The van der Waals surface area contributed by atoms with Crippen molar-refractivity contribution in [3.63, 3.8) is 0 Å². The topological polar surface area (TPSA) is 68.3 Å². The highest BCUT2D eigenvalue weighted by Crippen LogP contribution is 2.06. The number of halogens is 1. The van der Waals surface area contributed by atoms with E-state index in [1.165, 1.54) is 25.4 Å². The number of nitrogens with one attached hydrogen (secondary N) is 1. The number of methoxy groups -OCH3 is 1. The number of hydrogen-bond acceptors (Lipinski definition) is 4. The van der Waals surface area contributed by atoms with Gasteiger partial charge in [-0.3, -0.25) is 9.78 Å². The summed E-state index contributed by atoms with van der Waals surface area (Å²) in [6.07, 6.45) is 2.32. The van der Waals surface area contributed by atoms with E-state index in [0.29, 0.717) is 24.1 Å². The maximum atomic E-state index is 12.8. The van der Waals surface area contributed by atoms with Crippen LogP contribution >= 0.6 is 0 Å². The molecule has 0 saturated heterocycles. The van der Waals surface area contributed by atoms with Crippen molar-refractivity contribution >= 4 is 11.9 Å². The van der Waals surface area contributed by atoms with E-state index in [-0.39, 0.29) is 18.3 Å². The lowest BCUT2D eigenvalue weighted by atomic mass is 10.1. The molecule has 0 bridgehead atoms. The maximum Gasteiger partial charge on any atom is 0.337 e. The average Bonchev–Trinajstić information content (AvgIpc) is 2.59. The van der Waals surface area contributed by atoms with Crippen LogP contribution in [0.25, 0.3) is 0 Å². The van der Waals surface area contributed by atoms with Crippen LogP contribution in [-0.2, 0) is 22.5 Å². The lowest BCUT2D eigenvalue weighted by Crippen LogP contribution is -2.23. The summed E-state index contributed by atoms with van der Waals surface area (Å²) in [5, 5.41) is 2.74. The van der Waals surface area contributed by atoms with Crippen molar-refractivity contribution < 1.29 is 18.7 Å². The number of esters is 1. The fourth-order valence-corrected chi connectivity index (χ4v) is 2.01. The second kappa shape index (κ2) is 8.03. The van der Waals surface area contributed by atoms with Crippen molar-refractivity contribution in [2.45, 2.75) is 19.4 Å². The first-order chi connectivity index (χ1) is 11.1. The monoisotopic (exact) mass is 316 g/mol. The van der Waals surface area contributed by atoms with Crippen molar-refractivity contribution in [3.8, 4) is 0 Å². The van der Waals surface area contributed by atoms with E-state index in [1.807, 2.05) is 0 Å². The Morgan fingerprint density at radius 3 is 2.65 bits per heavy atom. The first-order valence-corrected chi connectivity index (χ1v) is 7.13. The number of hydrogen-bond donors (Lipinski definition) is 1. The summed E-state index contributed by atoms with van der Waals surface area (Å²) in [6, 6.07) is 9.18. The number of benzene rings is 1. The summed E-state index contributed by atoms with van der Waals surface area (Å²) in [5.74, 6) is -0.884. The molecule has 1 aromatic carbocycles. The standard InChI is InChI=1S/C17H17FN2O3/c1-23-17(22)13-8-9-19-15(10-13)11-20-16(21)7-4-12-2-5-14(18)6-3-12/h2-3,5-6,8-10H,4,7,11H2,1H3,(H,20,21). The molecule has 6 heteroatoms. The van der Waals surface area contributed by atoms with Gasteiger partial charge in [0.05, 0.1) is 24.9 Å². The fourth-order valence-electron chi connectivity index (χ4n) is 2.01. The number of carbonyl (C=O) groups is 2. The third-order valence-corrected chi connectivity index (χ3v) is 3.26. The zero-order valence-corrected chi connectivity index (χ0v) is 12.7. The minimum absolute atomic E-state index is 0.139. The molecule has 1 amide bonds. The minimum atomic E-state index is -0.448. The van der Waals surface area contributed by atoms with Crippen molar-refractivity contribution in [1.82, 2.24) is 10.3 Å². The molecule has 0 atom stereocenters. The average molecular weight is 316 g/mol. The van der Waals surface area contributed by atoms with E-state index in [9.17, 15) is 14.0 Å². The molecule has 0 fully saturated rings. The lowest BCUT2D eigenvalue weighted by molar-refractivity contribution is -0.121. The van der Waals surface area contributed by atoms with Gasteiger partial charge in [0.15, 0.2) is 0 Å². The van der Waals surface area contributed by atoms with Gasteiger partial charge >= 0.3 is 5.97 Å². The van der Waals surface area contributed by atoms with Gasteiger partial charge < -0.3 is 10.1 Å². The highest BCUT2D eigenvalue weighted by atomic mass is 19.1. The lowest BCUT2D eigenvalue weighted by Gasteiger charge is -2.06. The van der Waals surface area contributed by atoms with Crippen LogP contribution in [0, 0.1) is 5.82 Å². The third kappa shape index (κ3) is 5.18. The molecular weight excluding hydrogens is 299 g/mol. The first-order valence-electron chi connectivity index (χ1n) is 7.13. The number of amides is 1. The van der Waals surface area contributed by atoms with E-state index in [2.05, 4.69) is 15.0 Å². The van der Waals surface area contributed by atoms with Crippen molar-refractivity contribution in [1.29, 1.82) is 0 Å². The van der Waals surface area contributed by atoms with E-state index in [4.69, 9.17) is 0 Å². The van der Waals surface area contributed by atoms with Crippen LogP contribution in [0.15, 0.2) is 42.6 Å². The number of aryl methyl sites for hydroxylation is 1. The Morgan fingerprint density at radius 1 is 1.22 bits per heavy atom. The fraction of sp³-hybridized carbons (Fsp3) is 0.235. The van der Waals surface area contributed by atoms with E-state index >= 15 is 0 Å². The summed E-state index contributed by atoms with van der Waals surface area (Å²) >= 11 is 0. The van der Waals surface area contributed by atoms with Crippen LogP contribution in [-0.4, -0.2) is 24.0 Å². The van der Waals surface area contributed by atoms with Crippen LogP contribution in [0.1, 0.15) is 28.0 Å². The van der Waals surface area contributed by atoms with Crippen LogP contribution in [0.3, 0.4) is 0 Å². The van der Waals surface area contributed by atoms with Crippen molar-refractivity contribution in [2.24, 2.45) is 0 Å². The molecule has 2 aromatic rings. The molecule has 120 valence electrons. The van der Waals surface area contributed by atoms with Crippen molar-refractivity contribution in [2.75, 3.05) is 7.11 Å². The SMILES string of the molecule is COC(=O)c1ccnc(CNC(=O)CCc2ccc(F)cc2)c1. The normalized spacial score (nSPS) is 10.2. The summed E-state index contributed by atoms with van der Waals surface area (Å²) in [5.41, 5.74) is 1.86. The molecule has 0 saturated carbocycles. The molecule has 0 aliphatic rings. The van der Waals surface area contributed by atoms with Crippen LogP contribution in [0.5, 0.6) is 0 Å². The Kier molecular flexibility index (Phi) is 5.80. The molecule has 0 spiro atoms. The van der Waals surface area contributed by atoms with Gasteiger partial charge in [0.1, 0.15) is 5.82 Å².